The van der Waals surface area contributed by atoms with Gasteiger partial charge in [-0.15, -0.1) is 0 Å². The molecule has 0 aliphatic heterocycles. The summed E-state index contributed by atoms with van der Waals surface area (Å²) in [5.74, 6) is 0. The molecular weight excluding hydrogens is 444 g/mol. The summed E-state index contributed by atoms with van der Waals surface area (Å²) < 4.78 is 1.06. The molecule has 148 valence electrons. The molecule has 0 atom stereocenters. The van der Waals surface area contributed by atoms with Crippen LogP contribution in [0.5, 0.6) is 0 Å². The summed E-state index contributed by atoms with van der Waals surface area (Å²) in [5, 5.41) is 0. The Bertz CT molecular complexity index is 1200. The smallest absolute Gasteiger partial charge is 0.0701 e. The number of pyridine rings is 2. The van der Waals surface area contributed by atoms with E-state index in [1.165, 1.54) is 22.3 Å². The lowest BCUT2D eigenvalue weighted by atomic mass is 9.97. The van der Waals surface area contributed by atoms with Crippen LogP contribution in [0.3, 0.4) is 0 Å². The van der Waals surface area contributed by atoms with Crippen molar-refractivity contribution in [2.75, 3.05) is 0 Å². The van der Waals surface area contributed by atoms with Gasteiger partial charge in [0.05, 0.1) is 11.4 Å². The van der Waals surface area contributed by atoms with Crippen molar-refractivity contribution in [1.29, 1.82) is 0 Å². The van der Waals surface area contributed by atoms with Gasteiger partial charge < -0.3 is 0 Å². The van der Waals surface area contributed by atoms with E-state index >= 15 is 0 Å². The monoisotopic (exact) mass is 462 g/mol. The van der Waals surface area contributed by atoms with E-state index in [4.69, 9.17) is 0 Å². The Hall–Kier alpha value is -3.56. The Kier molecular flexibility index (Phi) is 5.42. The van der Waals surface area contributed by atoms with Crippen LogP contribution in [0.25, 0.3) is 44.8 Å². The summed E-state index contributed by atoms with van der Waals surface area (Å²) in [7, 11) is 0. The minimum absolute atomic E-state index is 0.983. The first kappa shape index (κ1) is 19.4. The summed E-state index contributed by atoms with van der Waals surface area (Å²) in [4.78, 5) is 8.87. The number of aromatic nitrogens is 2. The van der Waals surface area contributed by atoms with Crippen molar-refractivity contribution in [3.63, 3.8) is 0 Å². The topological polar surface area (TPSA) is 25.8 Å². The summed E-state index contributed by atoms with van der Waals surface area (Å²) >= 11 is 3.69. The van der Waals surface area contributed by atoms with Gasteiger partial charge in [0.2, 0.25) is 0 Å². The summed E-state index contributed by atoms with van der Waals surface area (Å²) in [5.41, 5.74) is 8.89. The van der Waals surface area contributed by atoms with Crippen molar-refractivity contribution in [3.8, 4) is 44.8 Å². The molecule has 31 heavy (non-hydrogen) atoms. The molecule has 3 aromatic carbocycles. The number of hydrogen-bond acceptors (Lipinski definition) is 2. The molecule has 0 bridgehead atoms. The molecule has 0 saturated heterocycles. The lowest BCUT2D eigenvalue weighted by Crippen LogP contribution is -1.86. The molecule has 0 saturated carbocycles. The number of rotatable bonds is 4. The highest BCUT2D eigenvalue weighted by molar-refractivity contribution is 9.10. The minimum atomic E-state index is 0.983. The van der Waals surface area contributed by atoms with Gasteiger partial charge in [-0.2, -0.15) is 0 Å². The van der Waals surface area contributed by atoms with E-state index in [2.05, 4.69) is 92.6 Å². The van der Waals surface area contributed by atoms with E-state index in [1.807, 2.05) is 48.8 Å². The van der Waals surface area contributed by atoms with E-state index in [-0.39, 0.29) is 0 Å². The molecule has 2 aromatic heterocycles. The van der Waals surface area contributed by atoms with Gasteiger partial charge >= 0.3 is 0 Å². The standard InChI is InChI=1S/C28H19BrN2/c29-26-18-24(20-7-11-22(12-8-20)27-5-1-3-15-30-27)17-25(19-26)21-9-13-23(14-10-21)28-6-2-4-16-31-28/h1-19H. The van der Waals surface area contributed by atoms with Crippen molar-refractivity contribution in [3.05, 3.63) is 120 Å². The molecule has 0 radical (unpaired) electrons. The van der Waals surface area contributed by atoms with Crippen LogP contribution >= 0.6 is 15.9 Å². The van der Waals surface area contributed by atoms with E-state index in [1.54, 1.807) is 0 Å². The highest BCUT2D eigenvalue weighted by atomic mass is 79.9. The largest absolute Gasteiger partial charge is 0.256 e. The first-order valence-corrected chi connectivity index (χ1v) is 10.9. The first-order valence-electron chi connectivity index (χ1n) is 10.1. The number of halogens is 1. The van der Waals surface area contributed by atoms with Gasteiger partial charge in [0.25, 0.3) is 0 Å². The van der Waals surface area contributed by atoms with Crippen LogP contribution in [-0.4, -0.2) is 9.97 Å². The predicted molar refractivity (Wildman–Crippen MR) is 131 cm³/mol. The lowest BCUT2D eigenvalue weighted by molar-refractivity contribution is 1.33. The van der Waals surface area contributed by atoms with Crippen LogP contribution in [0.15, 0.2) is 120 Å². The van der Waals surface area contributed by atoms with E-state index in [0.29, 0.717) is 0 Å². The number of hydrogen-bond donors (Lipinski definition) is 0. The van der Waals surface area contributed by atoms with Crippen LogP contribution in [0.1, 0.15) is 0 Å². The van der Waals surface area contributed by atoms with Gasteiger partial charge in [-0.1, -0.05) is 76.6 Å². The van der Waals surface area contributed by atoms with Crippen molar-refractivity contribution in [2.45, 2.75) is 0 Å². The average Bonchev–Trinajstić information content (AvgIpc) is 2.85. The van der Waals surface area contributed by atoms with Crippen LogP contribution in [0, 0.1) is 0 Å². The number of nitrogens with zero attached hydrogens (tertiary/aromatic N) is 2. The van der Waals surface area contributed by atoms with Gasteiger partial charge in [-0.3, -0.25) is 9.97 Å². The van der Waals surface area contributed by atoms with E-state index in [0.717, 1.165) is 27.0 Å². The second kappa shape index (κ2) is 8.66. The molecule has 2 heterocycles. The Morgan fingerprint density at radius 3 is 1.23 bits per heavy atom. The van der Waals surface area contributed by atoms with Gasteiger partial charge in [0, 0.05) is 28.0 Å². The van der Waals surface area contributed by atoms with Crippen LogP contribution in [0.4, 0.5) is 0 Å². The molecule has 0 aliphatic rings. The zero-order valence-electron chi connectivity index (χ0n) is 16.7. The average molecular weight is 463 g/mol. The predicted octanol–water partition coefficient (Wildman–Crippen LogP) is 7.91. The molecular formula is C28H19BrN2. The zero-order valence-corrected chi connectivity index (χ0v) is 18.3. The molecule has 0 N–H and O–H groups in total. The van der Waals surface area contributed by atoms with Gasteiger partial charge in [0.15, 0.2) is 0 Å². The summed E-state index contributed by atoms with van der Waals surface area (Å²) in [6, 6.07) is 35.6. The Balaban J connectivity index is 1.45. The highest BCUT2D eigenvalue weighted by Gasteiger charge is 2.07. The fourth-order valence-corrected chi connectivity index (χ4v) is 4.15. The maximum atomic E-state index is 4.44. The molecule has 2 nitrogen and oxygen atoms in total. The lowest BCUT2D eigenvalue weighted by Gasteiger charge is -2.10. The van der Waals surface area contributed by atoms with Gasteiger partial charge in [-0.25, -0.2) is 0 Å². The van der Waals surface area contributed by atoms with E-state index < -0.39 is 0 Å². The van der Waals surface area contributed by atoms with Crippen molar-refractivity contribution >= 4 is 15.9 Å². The number of benzene rings is 3. The van der Waals surface area contributed by atoms with E-state index in [9.17, 15) is 0 Å². The molecule has 0 amide bonds. The third-order valence-electron chi connectivity index (χ3n) is 5.26. The molecule has 5 aromatic rings. The normalized spacial score (nSPS) is 10.7. The fourth-order valence-electron chi connectivity index (χ4n) is 3.66. The second-order valence-corrected chi connectivity index (χ2v) is 8.23. The molecule has 0 unspecified atom stereocenters. The summed E-state index contributed by atoms with van der Waals surface area (Å²) in [6.45, 7) is 0. The van der Waals surface area contributed by atoms with Gasteiger partial charge in [-0.05, 0) is 64.7 Å². The molecule has 0 fully saturated rings. The third kappa shape index (κ3) is 4.32. The quantitative estimate of drug-likeness (QED) is 0.271. The van der Waals surface area contributed by atoms with Crippen molar-refractivity contribution < 1.29 is 0 Å². The fraction of sp³-hybridized carbons (Fsp3) is 0. The maximum Gasteiger partial charge on any atom is 0.0701 e. The Labute approximate surface area is 190 Å². The minimum Gasteiger partial charge on any atom is -0.256 e. The molecule has 5 rings (SSSR count). The Morgan fingerprint density at radius 2 is 0.839 bits per heavy atom. The van der Waals surface area contributed by atoms with Crippen LogP contribution in [0.2, 0.25) is 0 Å². The van der Waals surface area contributed by atoms with Crippen LogP contribution < -0.4 is 0 Å². The summed E-state index contributed by atoms with van der Waals surface area (Å²) in [6.07, 6.45) is 3.64. The van der Waals surface area contributed by atoms with Gasteiger partial charge in [0.1, 0.15) is 0 Å². The first-order chi connectivity index (χ1) is 15.3. The van der Waals surface area contributed by atoms with Crippen LogP contribution in [-0.2, 0) is 0 Å². The molecule has 0 aliphatic carbocycles. The van der Waals surface area contributed by atoms with Crippen molar-refractivity contribution in [2.24, 2.45) is 0 Å². The zero-order chi connectivity index (χ0) is 21.0. The molecule has 0 spiro atoms. The second-order valence-electron chi connectivity index (χ2n) is 7.31. The molecule has 3 heteroatoms. The Morgan fingerprint density at radius 1 is 0.419 bits per heavy atom. The third-order valence-corrected chi connectivity index (χ3v) is 5.71. The maximum absolute atomic E-state index is 4.44. The highest BCUT2D eigenvalue weighted by Crippen LogP contribution is 2.32. The van der Waals surface area contributed by atoms with Crippen molar-refractivity contribution in [1.82, 2.24) is 9.97 Å². The SMILES string of the molecule is Brc1cc(-c2ccc(-c3ccccn3)cc2)cc(-c2ccc(-c3ccccn3)cc2)c1.